The first-order valence-corrected chi connectivity index (χ1v) is 2.89. The predicted molar refractivity (Wildman–Crippen MR) is 29.5 cm³/mol. The van der Waals surface area contributed by atoms with Crippen LogP contribution in [0, 0.1) is 0 Å². The van der Waals surface area contributed by atoms with Crippen LogP contribution in [0.25, 0.3) is 0 Å². The molecule has 0 bridgehead atoms. The van der Waals surface area contributed by atoms with Gasteiger partial charge in [0, 0.05) is 0 Å². The Labute approximate surface area is 59.8 Å². The Morgan fingerprint density at radius 3 is 1.33 bits per heavy atom. The predicted octanol–water partition coefficient (Wildman–Crippen LogP) is 0.373. The van der Waals surface area contributed by atoms with Gasteiger partial charge in [-0.1, -0.05) is 0 Å². The number of hydrogen-bond acceptors (Lipinski definition) is 2. The van der Waals surface area contributed by atoms with Crippen molar-refractivity contribution in [2.45, 2.75) is 5.51 Å². The molecule has 0 amide bonds. The number of sulfonamides is 1. The van der Waals surface area contributed by atoms with E-state index in [1.165, 1.54) is 0 Å². The van der Waals surface area contributed by atoms with Crippen LogP contribution in [0.5, 0.6) is 0 Å². The molecular weight excluding hydrogens is 227 g/mol. The maximum Gasteiger partial charge on any atom is 0.511 e. The molecule has 0 unspecified atom stereocenters. The van der Waals surface area contributed by atoms with E-state index in [0.717, 1.165) is 0 Å². The van der Waals surface area contributed by atoms with Crippen LogP contribution in [0.3, 0.4) is 0 Å². The van der Waals surface area contributed by atoms with Gasteiger partial charge in [-0.3, -0.25) is 0 Å². The number of alkyl halides is 3. The fourth-order valence-corrected chi connectivity index (χ4v) is 0. The first kappa shape index (κ1) is 11.9. The molecule has 0 aliphatic rings. The molecule has 0 radical (unpaired) electrons. The first-order chi connectivity index (χ1) is 3.25. The standard InChI is InChI=1S/CH2F3NO2S.BrH/c2-1(3,4)8(5,6)7;/h(H2,5,6,7);1H. The van der Waals surface area contributed by atoms with E-state index in [-0.39, 0.29) is 17.0 Å². The topological polar surface area (TPSA) is 60.2 Å². The molecule has 0 aromatic carbocycles. The van der Waals surface area contributed by atoms with Crippen molar-refractivity contribution in [1.82, 2.24) is 0 Å². The zero-order chi connectivity index (χ0) is 7.00. The molecule has 8 heteroatoms. The minimum absolute atomic E-state index is 0. The van der Waals surface area contributed by atoms with Gasteiger partial charge in [0.1, 0.15) is 0 Å². The lowest BCUT2D eigenvalue weighted by Crippen LogP contribution is -2.30. The van der Waals surface area contributed by atoms with Crippen LogP contribution in [0.15, 0.2) is 0 Å². The molecule has 3 nitrogen and oxygen atoms in total. The summed E-state index contributed by atoms with van der Waals surface area (Å²) in [6, 6.07) is 0. The fourth-order valence-electron chi connectivity index (χ4n) is 0. The summed E-state index contributed by atoms with van der Waals surface area (Å²) in [5.74, 6) is 0. The second kappa shape index (κ2) is 2.84. The Bertz CT molecular complexity index is 171. The van der Waals surface area contributed by atoms with Crippen molar-refractivity contribution in [3.63, 3.8) is 0 Å². The molecule has 0 saturated carbocycles. The zero-order valence-electron chi connectivity index (χ0n) is 3.84. The van der Waals surface area contributed by atoms with E-state index in [9.17, 15) is 21.6 Å². The molecule has 0 rings (SSSR count). The summed E-state index contributed by atoms with van der Waals surface area (Å²) < 4.78 is 51.2. The van der Waals surface area contributed by atoms with Gasteiger partial charge >= 0.3 is 15.5 Å². The van der Waals surface area contributed by atoms with Crippen molar-refractivity contribution >= 4 is 27.0 Å². The SMILES string of the molecule is Br.NS(=O)(=O)C(F)(F)F. The second-order valence-corrected chi connectivity index (χ2v) is 2.54. The number of halogens is 4. The van der Waals surface area contributed by atoms with Gasteiger partial charge in [-0.25, -0.2) is 13.6 Å². The quantitative estimate of drug-likeness (QED) is 0.653. The summed E-state index contributed by atoms with van der Waals surface area (Å²) in [5, 5.41) is 3.66. The molecule has 58 valence electrons. The van der Waals surface area contributed by atoms with Gasteiger partial charge in [-0.15, -0.1) is 17.0 Å². The Morgan fingerprint density at radius 2 is 1.33 bits per heavy atom. The smallest absolute Gasteiger partial charge is 0.221 e. The third kappa shape index (κ3) is 3.71. The third-order valence-electron chi connectivity index (χ3n) is 0.323. The largest absolute Gasteiger partial charge is 0.511 e. The molecule has 0 spiro atoms. The lowest BCUT2D eigenvalue weighted by atomic mass is 11.6. The van der Waals surface area contributed by atoms with Gasteiger partial charge in [0.2, 0.25) is 0 Å². The summed E-state index contributed by atoms with van der Waals surface area (Å²) in [6.07, 6.45) is 0. The molecule has 0 aliphatic heterocycles. The van der Waals surface area contributed by atoms with E-state index in [2.05, 4.69) is 5.14 Å². The lowest BCUT2D eigenvalue weighted by Gasteiger charge is -1.98. The number of primary sulfonamides is 1. The van der Waals surface area contributed by atoms with Crippen LogP contribution >= 0.6 is 17.0 Å². The molecule has 0 aromatic heterocycles. The van der Waals surface area contributed by atoms with E-state index >= 15 is 0 Å². The number of rotatable bonds is 0. The van der Waals surface area contributed by atoms with Crippen LogP contribution < -0.4 is 5.14 Å². The van der Waals surface area contributed by atoms with Gasteiger partial charge in [0.25, 0.3) is 0 Å². The van der Waals surface area contributed by atoms with Gasteiger partial charge in [0.15, 0.2) is 0 Å². The summed E-state index contributed by atoms with van der Waals surface area (Å²) in [5.41, 5.74) is -5.31. The summed E-state index contributed by atoms with van der Waals surface area (Å²) >= 11 is 0. The van der Waals surface area contributed by atoms with Gasteiger partial charge in [-0.05, 0) is 0 Å². The third-order valence-corrected chi connectivity index (χ3v) is 0.968. The summed E-state index contributed by atoms with van der Waals surface area (Å²) in [6.45, 7) is 0. The molecule has 2 N–H and O–H groups in total. The number of nitrogens with two attached hydrogens (primary N) is 1. The molecule has 0 saturated heterocycles. The van der Waals surface area contributed by atoms with Crippen LogP contribution in [0.2, 0.25) is 0 Å². The number of hydrogen-bond donors (Lipinski definition) is 1. The highest BCUT2D eigenvalue weighted by Crippen LogP contribution is 2.18. The lowest BCUT2D eigenvalue weighted by molar-refractivity contribution is -0.0436. The van der Waals surface area contributed by atoms with E-state index in [0.29, 0.717) is 0 Å². The van der Waals surface area contributed by atoms with Crippen LogP contribution in [-0.4, -0.2) is 13.9 Å². The van der Waals surface area contributed by atoms with Crippen molar-refractivity contribution in [3.05, 3.63) is 0 Å². The molecule has 0 fully saturated rings. The Morgan fingerprint density at radius 1 is 1.22 bits per heavy atom. The van der Waals surface area contributed by atoms with Crippen molar-refractivity contribution in [2.24, 2.45) is 5.14 Å². The highest BCUT2D eigenvalue weighted by molar-refractivity contribution is 8.93. The van der Waals surface area contributed by atoms with Crippen LogP contribution in [0.1, 0.15) is 0 Å². The van der Waals surface area contributed by atoms with E-state index in [1.54, 1.807) is 0 Å². The highest BCUT2D eigenvalue weighted by atomic mass is 79.9. The van der Waals surface area contributed by atoms with Crippen molar-refractivity contribution in [3.8, 4) is 0 Å². The molecule has 0 atom stereocenters. The second-order valence-electron chi connectivity index (χ2n) is 0.991. The van der Waals surface area contributed by atoms with E-state index in [4.69, 9.17) is 0 Å². The Balaban J connectivity index is 0. The van der Waals surface area contributed by atoms with Crippen molar-refractivity contribution in [1.29, 1.82) is 0 Å². The summed E-state index contributed by atoms with van der Waals surface area (Å²) in [7, 11) is -5.34. The van der Waals surface area contributed by atoms with E-state index < -0.39 is 15.5 Å². The maximum atomic E-state index is 10.8. The minimum atomic E-state index is -5.34. The molecule has 0 aromatic rings. The molecule has 0 heterocycles. The summed E-state index contributed by atoms with van der Waals surface area (Å²) in [4.78, 5) is 0. The first-order valence-electron chi connectivity index (χ1n) is 1.34. The molecular formula is CH3BrF3NO2S. The minimum Gasteiger partial charge on any atom is -0.221 e. The van der Waals surface area contributed by atoms with Gasteiger partial charge < -0.3 is 0 Å². The maximum absolute atomic E-state index is 10.8. The van der Waals surface area contributed by atoms with E-state index in [1.807, 2.05) is 0 Å². The Hall–Kier alpha value is 0.180. The highest BCUT2D eigenvalue weighted by Gasteiger charge is 2.42. The fraction of sp³-hybridized carbons (Fsp3) is 1.00. The Kier molecular flexibility index (Phi) is 3.76. The van der Waals surface area contributed by atoms with Crippen molar-refractivity contribution < 1.29 is 21.6 Å². The average molecular weight is 230 g/mol. The van der Waals surface area contributed by atoms with Crippen LogP contribution in [0.4, 0.5) is 13.2 Å². The zero-order valence-corrected chi connectivity index (χ0v) is 6.37. The monoisotopic (exact) mass is 229 g/mol. The van der Waals surface area contributed by atoms with Crippen LogP contribution in [-0.2, 0) is 10.0 Å². The van der Waals surface area contributed by atoms with Gasteiger partial charge in [0.05, 0.1) is 0 Å². The normalized spacial score (nSPS) is 12.4. The van der Waals surface area contributed by atoms with Gasteiger partial charge in [-0.2, -0.15) is 13.2 Å². The van der Waals surface area contributed by atoms with Crippen molar-refractivity contribution in [2.75, 3.05) is 0 Å². The average Bonchev–Trinajstić information content (AvgIpc) is 1.25. The molecule has 0 aliphatic carbocycles. The molecule has 9 heavy (non-hydrogen) atoms.